The molecule has 22 heavy (non-hydrogen) atoms. The molecule has 4 heteroatoms. The lowest BCUT2D eigenvalue weighted by Crippen LogP contribution is -2.51. The number of carbonyl (C=O) groups excluding carboxylic acids is 2. The molecule has 4 nitrogen and oxygen atoms in total. The summed E-state index contributed by atoms with van der Waals surface area (Å²) in [5.74, 6) is 0.0152. The smallest absolute Gasteiger partial charge is 0.247 e. The first-order chi connectivity index (χ1) is 10.6. The van der Waals surface area contributed by atoms with Crippen LogP contribution in [0, 0.1) is 0 Å². The summed E-state index contributed by atoms with van der Waals surface area (Å²) in [5, 5.41) is 3.16. The first-order valence-electron chi connectivity index (χ1n) is 8.27. The van der Waals surface area contributed by atoms with Gasteiger partial charge in [-0.25, -0.2) is 0 Å². The number of amides is 2. The number of hydrogen-bond acceptors (Lipinski definition) is 2. The van der Waals surface area contributed by atoms with Crippen LogP contribution in [-0.4, -0.2) is 28.8 Å². The van der Waals surface area contributed by atoms with Crippen LogP contribution in [0.5, 0.6) is 0 Å². The third-order valence-corrected chi connectivity index (χ3v) is 4.76. The number of rotatable bonds is 3. The van der Waals surface area contributed by atoms with Crippen molar-refractivity contribution in [1.82, 2.24) is 10.2 Å². The highest BCUT2D eigenvalue weighted by atomic mass is 16.2. The molecule has 1 aliphatic heterocycles. The van der Waals surface area contributed by atoms with E-state index < -0.39 is 6.04 Å². The van der Waals surface area contributed by atoms with Crippen LogP contribution in [0.2, 0.25) is 0 Å². The maximum absolute atomic E-state index is 12.9. The van der Waals surface area contributed by atoms with Crippen molar-refractivity contribution in [2.24, 2.45) is 0 Å². The summed E-state index contributed by atoms with van der Waals surface area (Å²) in [5.41, 5.74) is 1.96. The summed E-state index contributed by atoms with van der Waals surface area (Å²) in [4.78, 5) is 27.1. The molecule has 1 aliphatic carbocycles. The normalized spacial score (nSPS) is 22.0. The zero-order valence-corrected chi connectivity index (χ0v) is 13.3. The molecule has 1 saturated carbocycles. The number of benzene rings is 1. The van der Waals surface area contributed by atoms with Gasteiger partial charge in [0.05, 0.1) is 6.42 Å². The van der Waals surface area contributed by atoms with Crippen LogP contribution in [0.25, 0.3) is 0 Å². The number of nitrogens with one attached hydrogen (secondary N) is 1. The minimum atomic E-state index is -0.488. The second kappa shape index (κ2) is 6.11. The molecule has 2 aliphatic rings. The maximum Gasteiger partial charge on any atom is 0.247 e. The Morgan fingerprint density at radius 1 is 1.23 bits per heavy atom. The van der Waals surface area contributed by atoms with Crippen molar-refractivity contribution < 1.29 is 9.59 Å². The lowest BCUT2D eigenvalue weighted by Gasteiger charge is -2.39. The first kappa shape index (κ1) is 15.1. The molecule has 1 atom stereocenters. The molecule has 1 unspecified atom stereocenters. The maximum atomic E-state index is 12.9. The molecule has 1 N–H and O–H groups in total. The van der Waals surface area contributed by atoms with Gasteiger partial charge in [0.25, 0.3) is 0 Å². The van der Waals surface area contributed by atoms with Crippen molar-refractivity contribution in [2.45, 2.75) is 64.1 Å². The Balaban J connectivity index is 1.92. The van der Waals surface area contributed by atoms with Gasteiger partial charge in [0, 0.05) is 12.1 Å². The first-order valence-corrected chi connectivity index (χ1v) is 8.27. The van der Waals surface area contributed by atoms with Gasteiger partial charge < -0.3 is 10.2 Å². The fourth-order valence-corrected chi connectivity index (χ4v) is 3.71. The third-order valence-electron chi connectivity index (χ3n) is 4.76. The molecule has 118 valence electrons. The number of hydrogen-bond donors (Lipinski definition) is 1. The Labute approximate surface area is 131 Å². The lowest BCUT2D eigenvalue weighted by atomic mass is 9.90. The molecule has 1 heterocycles. The molecule has 1 aromatic carbocycles. The summed E-state index contributed by atoms with van der Waals surface area (Å²) in [6.45, 7) is 3.95. The monoisotopic (exact) mass is 300 g/mol. The van der Waals surface area contributed by atoms with Crippen molar-refractivity contribution in [3.63, 3.8) is 0 Å². The molecule has 3 rings (SSSR count). The fourth-order valence-electron chi connectivity index (χ4n) is 3.71. The van der Waals surface area contributed by atoms with Crippen LogP contribution in [0.15, 0.2) is 24.3 Å². The predicted octanol–water partition coefficient (Wildman–Crippen LogP) is 2.58. The van der Waals surface area contributed by atoms with Gasteiger partial charge >= 0.3 is 0 Å². The lowest BCUT2D eigenvalue weighted by molar-refractivity contribution is -0.144. The van der Waals surface area contributed by atoms with E-state index in [1.807, 2.05) is 38.1 Å². The molecule has 1 fully saturated rings. The van der Waals surface area contributed by atoms with Crippen molar-refractivity contribution in [3.05, 3.63) is 35.4 Å². The quantitative estimate of drug-likeness (QED) is 0.932. The van der Waals surface area contributed by atoms with Crippen molar-refractivity contribution in [3.8, 4) is 0 Å². The molecule has 0 radical (unpaired) electrons. The van der Waals surface area contributed by atoms with Gasteiger partial charge in [-0.1, -0.05) is 37.1 Å². The van der Waals surface area contributed by atoms with E-state index in [-0.39, 0.29) is 23.9 Å². The van der Waals surface area contributed by atoms with Crippen molar-refractivity contribution in [2.75, 3.05) is 0 Å². The fraction of sp³-hybridized carbons (Fsp3) is 0.556. The summed E-state index contributed by atoms with van der Waals surface area (Å²) in [7, 11) is 0. The van der Waals surface area contributed by atoms with E-state index in [2.05, 4.69) is 5.32 Å². The van der Waals surface area contributed by atoms with Gasteiger partial charge in [-0.15, -0.1) is 0 Å². The summed E-state index contributed by atoms with van der Waals surface area (Å²) >= 11 is 0. The molecule has 2 amide bonds. The van der Waals surface area contributed by atoms with E-state index in [0.717, 1.165) is 24.0 Å². The van der Waals surface area contributed by atoms with Crippen LogP contribution in [0.1, 0.15) is 56.7 Å². The van der Waals surface area contributed by atoms with E-state index in [4.69, 9.17) is 0 Å². The Bertz CT molecular complexity index is 576. The largest absolute Gasteiger partial charge is 0.351 e. The van der Waals surface area contributed by atoms with Gasteiger partial charge in [-0.3, -0.25) is 9.59 Å². The van der Waals surface area contributed by atoms with Gasteiger partial charge in [0.2, 0.25) is 11.8 Å². The van der Waals surface area contributed by atoms with Gasteiger partial charge in [0.15, 0.2) is 0 Å². The van der Waals surface area contributed by atoms with E-state index >= 15 is 0 Å². The van der Waals surface area contributed by atoms with Crippen LogP contribution < -0.4 is 5.32 Å². The Morgan fingerprint density at radius 3 is 2.59 bits per heavy atom. The number of carbonyl (C=O) groups is 2. The second-order valence-corrected chi connectivity index (χ2v) is 6.66. The van der Waals surface area contributed by atoms with Crippen molar-refractivity contribution in [1.29, 1.82) is 0 Å². The highest BCUT2D eigenvalue weighted by molar-refractivity contribution is 5.92. The average molecular weight is 300 g/mol. The Morgan fingerprint density at radius 2 is 1.91 bits per heavy atom. The summed E-state index contributed by atoms with van der Waals surface area (Å²) in [6, 6.07) is 7.62. The van der Waals surface area contributed by atoms with E-state index in [1.165, 1.54) is 12.8 Å². The number of fused-ring (bicyclic) bond motifs is 1. The molecule has 0 saturated heterocycles. The van der Waals surface area contributed by atoms with Crippen molar-refractivity contribution >= 4 is 11.8 Å². The zero-order chi connectivity index (χ0) is 15.7. The van der Waals surface area contributed by atoms with Gasteiger partial charge in [-0.2, -0.15) is 0 Å². The topological polar surface area (TPSA) is 49.4 Å². The zero-order valence-electron chi connectivity index (χ0n) is 13.3. The minimum Gasteiger partial charge on any atom is -0.351 e. The SMILES string of the molecule is CC(C)N1C(=O)Cc2ccccc2C1C(=O)NC1CCCC1. The molecular weight excluding hydrogens is 276 g/mol. The van der Waals surface area contributed by atoms with Crippen LogP contribution >= 0.6 is 0 Å². The van der Waals surface area contributed by atoms with E-state index in [0.29, 0.717) is 6.42 Å². The minimum absolute atomic E-state index is 0.0141. The highest BCUT2D eigenvalue weighted by Crippen LogP contribution is 2.32. The van der Waals surface area contributed by atoms with Gasteiger partial charge in [-0.05, 0) is 37.8 Å². The molecule has 1 aromatic rings. The molecule has 0 aromatic heterocycles. The standard InChI is InChI=1S/C18H24N2O2/c1-12(2)20-16(21)11-13-7-3-6-10-15(13)17(20)18(22)19-14-8-4-5-9-14/h3,6-7,10,12,14,17H,4-5,8-9,11H2,1-2H3,(H,19,22). The highest BCUT2D eigenvalue weighted by Gasteiger charge is 2.39. The summed E-state index contributed by atoms with van der Waals surface area (Å²) in [6.07, 6.45) is 4.85. The van der Waals surface area contributed by atoms with Crippen LogP contribution in [-0.2, 0) is 16.0 Å². The van der Waals surface area contributed by atoms with E-state index in [1.54, 1.807) is 4.90 Å². The molecule has 0 spiro atoms. The van der Waals surface area contributed by atoms with E-state index in [9.17, 15) is 9.59 Å². The predicted molar refractivity (Wildman–Crippen MR) is 85.3 cm³/mol. The second-order valence-electron chi connectivity index (χ2n) is 6.66. The summed E-state index contributed by atoms with van der Waals surface area (Å²) < 4.78 is 0. The Hall–Kier alpha value is -1.84. The van der Waals surface area contributed by atoms with Crippen LogP contribution in [0.4, 0.5) is 0 Å². The molecular formula is C18H24N2O2. The molecule has 0 bridgehead atoms. The third kappa shape index (κ3) is 2.74. The van der Waals surface area contributed by atoms with Gasteiger partial charge in [0.1, 0.15) is 6.04 Å². The van der Waals surface area contributed by atoms with Crippen LogP contribution in [0.3, 0.4) is 0 Å². The Kier molecular flexibility index (Phi) is 4.19. The average Bonchev–Trinajstić information content (AvgIpc) is 2.98. The number of nitrogens with zero attached hydrogens (tertiary/aromatic N) is 1.